The maximum Gasteiger partial charge on any atom is 0.272 e. The summed E-state index contributed by atoms with van der Waals surface area (Å²) < 4.78 is 0. The molecule has 0 aliphatic carbocycles. The smallest absolute Gasteiger partial charge is 0.272 e. The van der Waals surface area contributed by atoms with Gasteiger partial charge in [-0.3, -0.25) is 9.78 Å². The molecule has 1 amide bonds. The molecule has 1 aromatic carbocycles. The standard InChI is InChI=1S/C19H25N3O/c1-4-13-22(14-5-2)19(23)18-15-17(11-12-20-18)21(3)16-9-7-6-8-10-16/h6-12,15H,4-5,13-14H2,1-3H3. The summed E-state index contributed by atoms with van der Waals surface area (Å²) in [5, 5.41) is 0. The van der Waals surface area contributed by atoms with E-state index in [4.69, 9.17) is 0 Å². The number of amides is 1. The molecule has 0 saturated carbocycles. The third-order valence-electron chi connectivity index (χ3n) is 3.77. The van der Waals surface area contributed by atoms with Crippen LogP contribution in [0.1, 0.15) is 37.2 Å². The number of anilines is 2. The van der Waals surface area contributed by atoms with Gasteiger partial charge in [0.15, 0.2) is 0 Å². The van der Waals surface area contributed by atoms with Crippen LogP contribution >= 0.6 is 0 Å². The van der Waals surface area contributed by atoms with Gasteiger partial charge < -0.3 is 9.80 Å². The van der Waals surface area contributed by atoms with Crippen LogP contribution < -0.4 is 4.90 Å². The van der Waals surface area contributed by atoms with Gasteiger partial charge in [0.2, 0.25) is 0 Å². The molecule has 4 heteroatoms. The Kier molecular flexibility index (Phi) is 6.15. The van der Waals surface area contributed by atoms with Crippen molar-refractivity contribution in [3.63, 3.8) is 0 Å². The van der Waals surface area contributed by atoms with Gasteiger partial charge >= 0.3 is 0 Å². The van der Waals surface area contributed by atoms with Crippen molar-refractivity contribution in [2.75, 3.05) is 25.0 Å². The Bertz CT molecular complexity index is 622. The van der Waals surface area contributed by atoms with Crippen molar-refractivity contribution in [3.8, 4) is 0 Å². The van der Waals surface area contributed by atoms with E-state index in [-0.39, 0.29) is 5.91 Å². The molecular weight excluding hydrogens is 286 g/mol. The minimum Gasteiger partial charge on any atom is -0.345 e. The highest BCUT2D eigenvalue weighted by atomic mass is 16.2. The summed E-state index contributed by atoms with van der Waals surface area (Å²) in [6, 6.07) is 13.9. The molecule has 0 aliphatic rings. The van der Waals surface area contributed by atoms with Crippen molar-refractivity contribution in [1.29, 1.82) is 0 Å². The Morgan fingerprint density at radius 3 is 2.26 bits per heavy atom. The van der Waals surface area contributed by atoms with Crippen molar-refractivity contribution < 1.29 is 4.79 Å². The zero-order chi connectivity index (χ0) is 16.7. The van der Waals surface area contributed by atoms with E-state index in [1.165, 1.54) is 0 Å². The minimum atomic E-state index is 0.0111. The molecule has 2 rings (SSSR count). The van der Waals surface area contributed by atoms with Gasteiger partial charge in [0.1, 0.15) is 5.69 Å². The van der Waals surface area contributed by atoms with E-state index in [0.717, 1.165) is 37.3 Å². The van der Waals surface area contributed by atoms with Crippen LogP contribution in [0.2, 0.25) is 0 Å². The second kappa shape index (κ2) is 8.32. The summed E-state index contributed by atoms with van der Waals surface area (Å²) in [6.45, 7) is 5.71. The lowest BCUT2D eigenvalue weighted by Gasteiger charge is -2.23. The van der Waals surface area contributed by atoms with Crippen LogP contribution in [0.3, 0.4) is 0 Å². The van der Waals surface area contributed by atoms with Crippen LogP contribution in [0.15, 0.2) is 48.7 Å². The van der Waals surface area contributed by atoms with E-state index in [1.807, 2.05) is 54.4 Å². The molecule has 0 N–H and O–H groups in total. The van der Waals surface area contributed by atoms with Crippen molar-refractivity contribution >= 4 is 17.3 Å². The van der Waals surface area contributed by atoms with E-state index >= 15 is 0 Å². The number of carbonyl (C=O) groups is 1. The molecule has 122 valence electrons. The fourth-order valence-corrected chi connectivity index (χ4v) is 2.56. The summed E-state index contributed by atoms with van der Waals surface area (Å²) in [7, 11) is 1.99. The highest BCUT2D eigenvalue weighted by Crippen LogP contribution is 2.23. The van der Waals surface area contributed by atoms with E-state index in [1.54, 1.807) is 6.20 Å². The molecule has 0 spiro atoms. The third-order valence-corrected chi connectivity index (χ3v) is 3.77. The van der Waals surface area contributed by atoms with E-state index in [9.17, 15) is 4.79 Å². The lowest BCUT2D eigenvalue weighted by molar-refractivity contribution is 0.0749. The van der Waals surface area contributed by atoms with Gasteiger partial charge in [0, 0.05) is 37.7 Å². The number of benzene rings is 1. The molecule has 0 bridgehead atoms. The maximum absolute atomic E-state index is 12.7. The van der Waals surface area contributed by atoms with Crippen LogP contribution in [-0.4, -0.2) is 35.9 Å². The Labute approximate surface area is 138 Å². The Morgan fingerprint density at radius 1 is 1.00 bits per heavy atom. The fraction of sp³-hybridized carbons (Fsp3) is 0.368. The predicted molar refractivity (Wildman–Crippen MR) is 95.2 cm³/mol. The number of pyridine rings is 1. The number of para-hydroxylation sites is 1. The predicted octanol–water partition coefficient (Wildman–Crippen LogP) is 4.11. The average Bonchev–Trinajstić information content (AvgIpc) is 2.61. The third kappa shape index (κ3) is 4.31. The molecule has 0 radical (unpaired) electrons. The molecule has 1 heterocycles. The number of rotatable bonds is 7. The van der Waals surface area contributed by atoms with Crippen LogP contribution in [0.25, 0.3) is 0 Å². The summed E-state index contributed by atoms with van der Waals surface area (Å²) in [5.41, 5.74) is 2.55. The van der Waals surface area contributed by atoms with Crippen LogP contribution in [-0.2, 0) is 0 Å². The van der Waals surface area contributed by atoms with Crippen molar-refractivity contribution in [3.05, 3.63) is 54.4 Å². The van der Waals surface area contributed by atoms with E-state index in [0.29, 0.717) is 5.69 Å². The first-order chi connectivity index (χ1) is 11.2. The lowest BCUT2D eigenvalue weighted by atomic mass is 10.2. The highest BCUT2D eigenvalue weighted by Gasteiger charge is 2.16. The molecule has 0 atom stereocenters. The second-order valence-corrected chi connectivity index (χ2v) is 5.59. The van der Waals surface area contributed by atoms with Gasteiger partial charge in [0.05, 0.1) is 0 Å². The minimum absolute atomic E-state index is 0.0111. The molecule has 2 aromatic rings. The van der Waals surface area contributed by atoms with E-state index < -0.39 is 0 Å². The van der Waals surface area contributed by atoms with Gasteiger partial charge in [-0.15, -0.1) is 0 Å². The van der Waals surface area contributed by atoms with Gasteiger partial charge in [0.25, 0.3) is 5.91 Å². The van der Waals surface area contributed by atoms with Gasteiger partial charge in [-0.1, -0.05) is 32.0 Å². The number of hydrogen-bond acceptors (Lipinski definition) is 3. The molecule has 0 aliphatic heterocycles. The quantitative estimate of drug-likeness (QED) is 0.772. The first-order valence-electron chi connectivity index (χ1n) is 8.21. The highest BCUT2D eigenvalue weighted by molar-refractivity contribution is 5.93. The SMILES string of the molecule is CCCN(CCC)C(=O)c1cc(N(C)c2ccccc2)ccn1. The number of aromatic nitrogens is 1. The average molecular weight is 311 g/mol. The maximum atomic E-state index is 12.7. The zero-order valence-electron chi connectivity index (χ0n) is 14.2. The first-order valence-corrected chi connectivity index (χ1v) is 8.21. The topological polar surface area (TPSA) is 36.4 Å². The van der Waals surface area contributed by atoms with Gasteiger partial charge in [-0.2, -0.15) is 0 Å². The largest absolute Gasteiger partial charge is 0.345 e. The number of nitrogens with zero attached hydrogens (tertiary/aromatic N) is 3. The zero-order valence-corrected chi connectivity index (χ0v) is 14.2. The molecular formula is C19H25N3O. The summed E-state index contributed by atoms with van der Waals surface area (Å²) in [5.74, 6) is 0.0111. The van der Waals surface area contributed by atoms with Crippen LogP contribution in [0.4, 0.5) is 11.4 Å². The summed E-state index contributed by atoms with van der Waals surface area (Å²) in [4.78, 5) is 20.9. The Morgan fingerprint density at radius 2 is 1.65 bits per heavy atom. The molecule has 1 aromatic heterocycles. The lowest BCUT2D eigenvalue weighted by Crippen LogP contribution is -2.33. The molecule has 23 heavy (non-hydrogen) atoms. The van der Waals surface area contributed by atoms with Gasteiger partial charge in [-0.05, 0) is 37.1 Å². The fourth-order valence-electron chi connectivity index (χ4n) is 2.56. The molecule has 0 saturated heterocycles. The first kappa shape index (κ1) is 17.0. The number of hydrogen-bond donors (Lipinski definition) is 0. The molecule has 0 unspecified atom stereocenters. The summed E-state index contributed by atoms with van der Waals surface area (Å²) >= 11 is 0. The summed E-state index contributed by atoms with van der Waals surface area (Å²) in [6.07, 6.45) is 3.61. The van der Waals surface area contributed by atoms with Crippen LogP contribution in [0, 0.1) is 0 Å². The Hall–Kier alpha value is -2.36. The van der Waals surface area contributed by atoms with Crippen molar-refractivity contribution in [2.45, 2.75) is 26.7 Å². The van der Waals surface area contributed by atoms with E-state index in [2.05, 4.69) is 23.7 Å². The second-order valence-electron chi connectivity index (χ2n) is 5.59. The molecule has 4 nitrogen and oxygen atoms in total. The van der Waals surface area contributed by atoms with Crippen LogP contribution in [0.5, 0.6) is 0 Å². The normalized spacial score (nSPS) is 10.4. The molecule has 0 fully saturated rings. The van der Waals surface area contributed by atoms with Crippen molar-refractivity contribution in [2.24, 2.45) is 0 Å². The van der Waals surface area contributed by atoms with Crippen molar-refractivity contribution in [1.82, 2.24) is 9.88 Å². The Balaban J connectivity index is 2.23. The number of carbonyl (C=O) groups excluding carboxylic acids is 1. The monoisotopic (exact) mass is 311 g/mol. The van der Waals surface area contributed by atoms with Gasteiger partial charge in [-0.25, -0.2) is 0 Å².